The first kappa shape index (κ1) is 18.3. The van der Waals surface area contributed by atoms with Crippen molar-refractivity contribution in [2.45, 2.75) is 25.9 Å². The van der Waals surface area contributed by atoms with Crippen LogP contribution in [0.3, 0.4) is 0 Å². The Hall–Kier alpha value is -3.50. The molecule has 0 aliphatic carbocycles. The Bertz CT molecular complexity index is 973. The van der Waals surface area contributed by atoms with Gasteiger partial charge in [-0.1, -0.05) is 24.3 Å². The Morgan fingerprint density at radius 1 is 1.30 bits per heavy atom. The summed E-state index contributed by atoms with van der Waals surface area (Å²) in [6, 6.07) is 14.9. The lowest BCUT2D eigenvalue weighted by Gasteiger charge is -2.15. The smallest absolute Gasteiger partial charge is 0.234 e. The Balaban J connectivity index is 1.77. The van der Waals surface area contributed by atoms with E-state index in [2.05, 4.69) is 10.7 Å². The lowest BCUT2D eigenvalue weighted by molar-refractivity contribution is -0.119. The van der Waals surface area contributed by atoms with E-state index in [4.69, 9.17) is 21.6 Å². The highest BCUT2D eigenvalue weighted by atomic mass is 16.5. The summed E-state index contributed by atoms with van der Waals surface area (Å²) >= 11 is 0. The maximum absolute atomic E-state index is 12.0. The van der Waals surface area contributed by atoms with Crippen molar-refractivity contribution in [2.24, 2.45) is 11.6 Å². The number of carbonyl (C=O) groups is 1. The number of anilines is 1. The Morgan fingerprint density at radius 2 is 2.07 bits per heavy atom. The van der Waals surface area contributed by atoms with E-state index in [0.29, 0.717) is 17.9 Å². The van der Waals surface area contributed by atoms with Gasteiger partial charge in [0.15, 0.2) is 5.70 Å². The number of benzene rings is 2. The largest absolute Gasteiger partial charge is 0.489 e. The third-order valence-corrected chi connectivity index (χ3v) is 4.65. The number of nitrogens with one attached hydrogen (secondary N) is 2. The summed E-state index contributed by atoms with van der Waals surface area (Å²) in [6.45, 7) is 4.10. The number of hydrogen-bond donors (Lipinski definition) is 4. The third-order valence-electron chi connectivity index (χ3n) is 4.65. The van der Waals surface area contributed by atoms with Crippen LogP contribution >= 0.6 is 0 Å². The molecule has 6 N–H and O–H groups in total. The minimum Gasteiger partial charge on any atom is -0.489 e. The third kappa shape index (κ3) is 3.43. The Morgan fingerprint density at radius 3 is 2.78 bits per heavy atom. The molecule has 0 bridgehead atoms. The molecule has 3 rings (SSSR count). The monoisotopic (exact) mass is 363 g/mol. The first-order valence-electron chi connectivity index (χ1n) is 8.41. The minimum absolute atomic E-state index is 0.0218. The number of nitrogens with two attached hydrogens (primary N) is 2. The normalized spacial score (nSPS) is 15.3. The van der Waals surface area contributed by atoms with Gasteiger partial charge in [0.2, 0.25) is 5.91 Å². The molecule has 1 heterocycles. The molecule has 138 valence electrons. The van der Waals surface area contributed by atoms with Crippen molar-refractivity contribution >= 4 is 17.3 Å². The molecule has 0 saturated carbocycles. The number of hydrazine groups is 1. The fourth-order valence-electron chi connectivity index (χ4n) is 2.97. The van der Waals surface area contributed by atoms with Crippen molar-refractivity contribution in [2.75, 3.05) is 5.32 Å². The van der Waals surface area contributed by atoms with Crippen LogP contribution in [0.1, 0.15) is 30.5 Å². The first-order valence-corrected chi connectivity index (χ1v) is 8.41. The zero-order chi connectivity index (χ0) is 19.6. The molecule has 1 aliphatic heterocycles. The summed E-state index contributed by atoms with van der Waals surface area (Å²) in [4.78, 5) is 12.0. The molecule has 0 aromatic heterocycles. The number of nitriles is 1. The molecule has 1 amide bonds. The maximum Gasteiger partial charge on any atom is 0.234 e. The van der Waals surface area contributed by atoms with Crippen LogP contribution in [-0.2, 0) is 16.8 Å². The molecule has 2 aromatic rings. The predicted molar refractivity (Wildman–Crippen MR) is 103 cm³/mol. The van der Waals surface area contributed by atoms with E-state index < -0.39 is 5.41 Å². The second-order valence-electron chi connectivity index (χ2n) is 6.82. The molecule has 0 fully saturated rings. The van der Waals surface area contributed by atoms with Gasteiger partial charge in [0.1, 0.15) is 18.4 Å². The van der Waals surface area contributed by atoms with Gasteiger partial charge >= 0.3 is 0 Å². The molecule has 0 radical (unpaired) electrons. The van der Waals surface area contributed by atoms with Crippen molar-refractivity contribution in [1.29, 1.82) is 5.26 Å². The van der Waals surface area contributed by atoms with Crippen LogP contribution in [0.4, 0.5) is 5.69 Å². The van der Waals surface area contributed by atoms with Crippen LogP contribution in [0.2, 0.25) is 0 Å². The van der Waals surface area contributed by atoms with Gasteiger partial charge in [0.25, 0.3) is 0 Å². The van der Waals surface area contributed by atoms with Crippen molar-refractivity contribution in [1.82, 2.24) is 5.43 Å². The van der Waals surface area contributed by atoms with Gasteiger partial charge < -0.3 is 21.2 Å². The number of carbonyl (C=O) groups excluding carboxylic acids is 1. The molecule has 0 spiro atoms. The van der Waals surface area contributed by atoms with Crippen LogP contribution in [0.15, 0.2) is 48.2 Å². The fraction of sp³-hybridized carbons (Fsp3) is 0.200. The standard InChI is InChI=1S/C20H21N5O2/c1-20(2)15-7-6-14(9-16(15)24-19(20)26)27-11-12-4-3-5-13(8-12)18(22)17(10-21)25-23/h3-9,25H,11,22-23H2,1-2H3,(H,24,26)/b18-17-. The van der Waals surface area contributed by atoms with Gasteiger partial charge in [-0.2, -0.15) is 5.26 Å². The van der Waals surface area contributed by atoms with Crippen LogP contribution < -0.4 is 27.1 Å². The summed E-state index contributed by atoms with van der Waals surface area (Å²) in [5.41, 5.74) is 11.4. The maximum atomic E-state index is 12.0. The van der Waals surface area contributed by atoms with Gasteiger partial charge in [-0.25, -0.2) is 5.84 Å². The SMILES string of the molecule is CC1(C)C(=O)Nc2cc(OCc3cccc(/C(N)=C(\C#N)NN)c3)ccc21. The quantitative estimate of drug-likeness (QED) is 0.366. The number of hydrogen-bond acceptors (Lipinski definition) is 6. The van der Waals surface area contributed by atoms with Gasteiger partial charge in [0.05, 0.1) is 11.1 Å². The summed E-state index contributed by atoms with van der Waals surface area (Å²) in [5.74, 6) is 5.94. The molecule has 7 heteroatoms. The highest BCUT2D eigenvalue weighted by Crippen LogP contribution is 2.39. The molecule has 7 nitrogen and oxygen atoms in total. The number of allylic oxidation sites excluding steroid dienone is 1. The van der Waals surface area contributed by atoms with Gasteiger partial charge in [-0.15, -0.1) is 0 Å². The molecular weight excluding hydrogens is 342 g/mol. The van der Waals surface area contributed by atoms with E-state index in [-0.39, 0.29) is 17.3 Å². The van der Waals surface area contributed by atoms with Crippen LogP contribution in [0.5, 0.6) is 5.75 Å². The van der Waals surface area contributed by atoms with E-state index in [0.717, 1.165) is 16.8 Å². The van der Waals surface area contributed by atoms with E-state index in [1.165, 1.54) is 0 Å². The van der Waals surface area contributed by atoms with E-state index in [9.17, 15) is 4.79 Å². The molecule has 27 heavy (non-hydrogen) atoms. The summed E-state index contributed by atoms with van der Waals surface area (Å²) in [5, 5.41) is 11.9. The zero-order valence-electron chi connectivity index (χ0n) is 15.2. The number of fused-ring (bicyclic) bond motifs is 1. The highest BCUT2D eigenvalue weighted by molar-refractivity contribution is 6.05. The molecule has 1 aliphatic rings. The average Bonchev–Trinajstić information content (AvgIpc) is 2.89. The molecule has 0 unspecified atom stereocenters. The zero-order valence-corrected chi connectivity index (χ0v) is 15.2. The van der Waals surface area contributed by atoms with E-state index in [1.807, 2.05) is 56.3 Å². The number of amides is 1. The molecule has 0 saturated heterocycles. The summed E-state index contributed by atoms with van der Waals surface area (Å²) in [6.07, 6.45) is 0. The summed E-state index contributed by atoms with van der Waals surface area (Å²) < 4.78 is 5.86. The first-order chi connectivity index (χ1) is 12.9. The van der Waals surface area contributed by atoms with Crippen LogP contribution in [0.25, 0.3) is 5.70 Å². The molecular formula is C20H21N5O2. The van der Waals surface area contributed by atoms with Crippen molar-refractivity contribution < 1.29 is 9.53 Å². The molecule has 2 aromatic carbocycles. The number of nitrogens with zero attached hydrogens (tertiary/aromatic N) is 1. The van der Waals surface area contributed by atoms with Crippen LogP contribution in [0, 0.1) is 11.3 Å². The second-order valence-corrected chi connectivity index (χ2v) is 6.82. The van der Waals surface area contributed by atoms with Crippen LogP contribution in [-0.4, -0.2) is 5.91 Å². The highest BCUT2D eigenvalue weighted by Gasteiger charge is 2.38. The van der Waals surface area contributed by atoms with Gasteiger partial charge in [-0.3, -0.25) is 4.79 Å². The molecule has 0 atom stereocenters. The predicted octanol–water partition coefficient (Wildman–Crippen LogP) is 2.11. The van der Waals surface area contributed by atoms with Gasteiger partial charge in [0, 0.05) is 17.3 Å². The minimum atomic E-state index is -0.540. The number of ether oxygens (including phenoxy) is 1. The van der Waals surface area contributed by atoms with Gasteiger partial charge in [-0.05, 0) is 37.1 Å². The average molecular weight is 363 g/mol. The number of rotatable bonds is 5. The summed E-state index contributed by atoms with van der Waals surface area (Å²) in [7, 11) is 0. The fourth-order valence-corrected chi connectivity index (χ4v) is 2.97. The van der Waals surface area contributed by atoms with Crippen molar-refractivity contribution in [3.05, 3.63) is 64.9 Å². The lowest BCUT2D eigenvalue weighted by Crippen LogP contribution is -2.26. The van der Waals surface area contributed by atoms with E-state index >= 15 is 0 Å². The Kier molecular flexibility index (Phi) is 4.75. The topological polar surface area (TPSA) is 126 Å². The Labute approximate surface area is 157 Å². The van der Waals surface area contributed by atoms with E-state index in [1.54, 1.807) is 6.07 Å². The second kappa shape index (κ2) is 7.02. The lowest BCUT2D eigenvalue weighted by atomic mass is 9.86. The van der Waals surface area contributed by atoms with Crippen molar-refractivity contribution in [3.63, 3.8) is 0 Å². The van der Waals surface area contributed by atoms with Crippen molar-refractivity contribution in [3.8, 4) is 11.8 Å².